The van der Waals surface area contributed by atoms with Crippen molar-refractivity contribution < 1.29 is 22.4 Å². The molecule has 31 heavy (non-hydrogen) atoms. The standard InChI is InChI=1S/C19H25N5O5S2/c25-17(14-30-19-22-21-18(29-19)13-23-7-1-2-8-23)20-15-3-5-16(6-4-15)31(26,27)24-9-11-28-12-10-24/h3-6H,1-2,7-14H2,(H,20,25). The zero-order valence-corrected chi connectivity index (χ0v) is 18.7. The second-order valence-corrected chi connectivity index (χ2v) is 10.2. The third-order valence-corrected chi connectivity index (χ3v) is 7.81. The van der Waals surface area contributed by atoms with Gasteiger partial charge < -0.3 is 14.5 Å². The number of nitrogens with one attached hydrogen (secondary N) is 1. The van der Waals surface area contributed by atoms with E-state index in [2.05, 4.69) is 20.4 Å². The smallest absolute Gasteiger partial charge is 0.277 e. The fourth-order valence-electron chi connectivity index (χ4n) is 3.46. The van der Waals surface area contributed by atoms with Gasteiger partial charge >= 0.3 is 0 Å². The van der Waals surface area contributed by atoms with Crippen LogP contribution >= 0.6 is 11.8 Å². The number of hydrogen-bond donors (Lipinski definition) is 1. The molecule has 0 unspecified atom stereocenters. The topological polar surface area (TPSA) is 118 Å². The van der Waals surface area contributed by atoms with Crippen LogP contribution in [0.5, 0.6) is 0 Å². The fourth-order valence-corrected chi connectivity index (χ4v) is 5.45. The molecule has 4 rings (SSSR count). The second kappa shape index (κ2) is 10.1. The number of anilines is 1. The van der Waals surface area contributed by atoms with Crippen LogP contribution < -0.4 is 5.32 Å². The summed E-state index contributed by atoms with van der Waals surface area (Å²) < 4.78 is 37.5. The number of aromatic nitrogens is 2. The van der Waals surface area contributed by atoms with Crippen molar-refractivity contribution in [2.75, 3.05) is 50.5 Å². The summed E-state index contributed by atoms with van der Waals surface area (Å²) in [6, 6.07) is 6.15. The Morgan fingerprint density at radius 2 is 1.77 bits per heavy atom. The zero-order chi connectivity index (χ0) is 21.7. The van der Waals surface area contributed by atoms with Gasteiger partial charge in [0.05, 0.1) is 30.4 Å². The Morgan fingerprint density at radius 1 is 1.06 bits per heavy atom. The van der Waals surface area contributed by atoms with Crippen LogP contribution in [0.2, 0.25) is 0 Å². The quantitative estimate of drug-likeness (QED) is 0.575. The number of likely N-dealkylation sites (tertiary alicyclic amines) is 1. The molecule has 0 atom stereocenters. The van der Waals surface area contributed by atoms with E-state index >= 15 is 0 Å². The molecule has 2 saturated heterocycles. The molecular formula is C19H25N5O5S2. The fraction of sp³-hybridized carbons (Fsp3) is 0.526. The van der Waals surface area contributed by atoms with Gasteiger partial charge in [-0.15, -0.1) is 10.2 Å². The predicted molar refractivity (Wildman–Crippen MR) is 114 cm³/mol. The maximum atomic E-state index is 12.6. The van der Waals surface area contributed by atoms with E-state index in [0.717, 1.165) is 13.1 Å². The van der Waals surface area contributed by atoms with Gasteiger partial charge in [-0.05, 0) is 50.2 Å². The minimum atomic E-state index is -3.55. The molecule has 1 amide bonds. The minimum Gasteiger partial charge on any atom is -0.415 e. The predicted octanol–water partition coefficient (Wildman–Crippen LogP) is 1.42. The van der Waals surface area contributed by atoms with Gasteiger partial charge in [-0.1, -0.05) is 11.8 Å². The van der Waals surface area contributed by atoms with Crippen molar-refractivity contribution >= 4 is 33.4 Å². The highest BCUT2D eigenvalue weighted by Crippen LogP contribution is 2.21. The van der Waals surface area contributed by atoms with Gasteiger partial charge in [-0.25, -0.2) is 8.42 Å². The summed E-state index contributed by atoms with van der Waals surface area (Å²) in [4.78, 5) is 14.7. The molecule has 10 nitrogen and oxygen atoms in total. The van der Waals surface area contributed by atoms with Crippen molar-refractivity contribution in [3.05, 3.63) is 30.2 Å². The monoisotopic (exact) mass is 467 g/mol. The summed E-state index contributed by atoms with van der Waals surface area (Å²) in [6.45, 7) is 4.19. The first kappa shape index (κ1) is 22.2. The summed E-state index contributed by atoms with van der Waals surface area (Å²) in [6.07, 6.45) is 2.38. The lowest BCUT2D eigenvalue weighted by Gasteiger charge is -2.26. The molecule has 168 valence electrons. The van der Waals surface area contributed by atoms with Gasteiger partial charge in [0.2, 0.25) is 21.8 Å². The van der Waals surface area contributed by atoms with E-state index in [-0.39, 0.29) is 16.6 Å². The molecule has 1 aromatic carbocycles. The van der Waals surface area contributed by atoms with E-state index in [1.807, 2.05) is 0 Å². The number of hydrogen-bond acceptors (Lipinski definition) is 9. The van der Waals surface area contributed by atoms with Crippen molar-refractivity contribution in [3.8, 4) is 0 Å². The van der Waals surface area contributed by atoms with E-state index in [9.17, 15) is 13.2 Å². The molecular weight excluding hydrogens is 442 g/mol. The average Bonchev–Trinajstić information content (AvgIpc) is 3.46. The number of thioether (sulfide) groups is 1. The number of benzene rings is 1. The van der Waals surface area contributed by atoms with Gasteiger partial charge in [0.15, 0.2) is 0 Å². The largest absolute Gasteiger partial charge is 0.415 e. The zero-order valence-electron chi connectivity index (χ0n) is 17.0. The molecule has 2 aliphatic rings. The second-order valence-electron chi connectivity index (χ2n) is 7.32. The number of morpholine rings is 1. The molecule has 12 heteroatoms. The van der Waals surface area contributed by atoms with Crippen LogP contribution in [0.15, 0.2) is 38.8 Å². The first-order valence-electron chi connectivity index (χ1n) is 10.2. The van der Waals surface area contributed by atoms with Crippen LogP contribution in [0.3, 0.4) is 0 Å². The summed E-state index contributed by atoms with van der Waals surface area (Å²) in [7, 11) is -3.55. The Balaban J connectivity index is 1.26. The van der Waals surface area contributed by atoms with E-state index in [1.54, 1.807) is 12.1 Å². The molecule has 3 heterocycles. The Labute approximate surface area is 185 Å². The van der Waals surface area contributed by atoms with Crippen molar-refractivity contribution in [1.29, 1.82) is 0 Å². The van der Waals surface area contributed by atoms with Gasteiger partial charge in [-0.2, -0.15) is 4.31 Å². The number of nitrogens with zero attached hydrogens (tertiary/aromatic N) is 4. The van der Waals surface area contributed by atoms with Crippen LogP contribution in [-0.2, 0) is 26.1 Å². The highest BCUT2D eigenvalue weighted by Gasteiger charge is 2.26. The van der Waals surface area contributed by atoms with Crippen molar-refractivity contribution in [1.82, 2.24) is 19.4 Å². The van der Waals surface area contributed by atoms with Crippen LogP contribution in [-0.4, -0.2) is 78.9 Å². The SMILES string of the molecule is O=C(CSc1nnc(CN2CCCC2)o1)Nc1ccc(S(=O)(=O)N2CCOCC2)cc1. The average molecular weight is 468 g/mol. The molecule has 2 fully saturated rings. The minimum absolute atomic E-state index is 0.110. The molecule has 0 radical (unpaired) electrons. The lowest BCUT2D eigenvalue weighted by atomic mass is 10.3. The summed E-state index contributed by atoms with van der Waals surface area (Å²) >= 11 is 1.17. The highest BCUT2D eigenvalue weighted by atomic mass is 32.2. The third kappa shape index (κ3) is 5.83. The Bertz CT molecular complexity index is 983. The number of rotatable bonds is 8. The lowest BCUT2D eigenvalue weighted by Crippen LogP contribution is -2.40. The van der Waals surface area contributed by atoms with Crippen molar-refractivity contribution in [2.24, 2.45) is 0 Å². The molecule has 1 N–H and O–H groups in total. The number of amides is 1. The molecule has 0 spiro atoms. The number of carbonyl (C=O) groups is 1. The first-order valence-corrected chi connectivity index (χ1v) is 12.6. The third-order valence-electron chi connectivity index (χ3n) is 5.08. The maximum absolute atomic E-state index is 12.6. The normalized spacial score (nSPS) is 18.3. The maximum Gasteiger partial charge on any atom is 0.277 e. The van der Waals surface area contributed by atoms with Gasteiger partial charge in [0, 0.05) is 18.8 Å². The van der Waals surface area contributed by atoms with E-state index in [1.165, 1.54) is 41.0 Å². The van der Waals surface area contributed by atoms with Crippen LogP contribution in [0.1, 0.15) is 18.7 Å². The molecule has 0 aliphatic carbocycles. The Hall–Kier alpha value is -1.99. The van der Waals surface area contributed by atoms with Gasteiger partial charge in [0.1, 0.15) is 0 Å². The lowest BCUT2D eigenvalue weighted by molar-refractivity contribution is -0.113. The number of ether oxygens (including phenoxy) is 1. The summed E-state index contributed by atoms with van der Waals surface area (Å²) in [5.74, 6) is 0.425. The summed E-state index contributed by atoms with van der Waals surface area (Å²) in [5.41, 5.74) is 0.520. The van der Waals surface area contributed by atoms with Crippen molar-refractivity contribution in [2.45, 2.75) is 29.5 Å². The van der Waals surface area contributed by atoms with Crippen LogP contribution in [0.4, 0.5) is 5.69 Å². The Morgan fingerprint density at radius 3 is 2.48 bits per heavy atom. The molecule has 0 bridgehead atoms. The van der Waals surface area contributed by atoms with Gasteiger partial charge in [0.25, 0.3) is 5.22 Å². The molecule has 1 aromatic heterocycles. The first-order chi connectivity index (χ1) is 15.0. The van der Waals surface area contributed by atoms with E-state index in [0.29, 0.717) is 49.6 Å². The highest BCUT2D eigenvalue weighted by molar-refractivity contribution is 7.99. The van der Waals surface area contributed by atoms with Crippen molar-refractivity contribution in [3.63, 3.8) is 0 Å². The molecule has 2 aliphatic heterocycles. The molecule has 0 saturated carbocycles. The summed E-state index contributed by atoms with van der Waals surface area (Å²) in [5, 5.41) is 11.1. The number of carbonyl (C=O) groups excluding carboxylic acids is 1. The van der Waals surface area contributed by atoms with Gasteiger partial charge in [-0.3, -0.25) is 9.69 Å². The Kier molecular flexibility index (Phi) is 7.23. The van der Waals surface area contributed by atoms with Crippen LogP contribution in [0, 0.1) is 0 Å². The van der Waals surface area contributed by atoms with E-state index in [4.69, 9.17) is 9.15 Å². The number of sulfonamides is 1. The molecule has 2 aromatic rings. The van der Waals surface area contributed by atoms with E-state index < -0.39 is 10.0 Å². The van der Waals surface area contributed by atoms with Crippen LogP contribution in [0.25, 0.3) is 0 Å².